The maximum absolute atomic E-state index is 5.76. The molecule has 2 heteroatoms. The lowest BCUT2D eigenvalue weighted by atomic mass is 10.0. The molecule has 13 heavy (non-hydrogen) atoms. The van der Waals surface area contributed by atoms with Crippen LogP contribution in [0.3, 0.4) is 0 Å². The van der Waals surface area contributed by atoms with Gasteiger partial charge in [-0.2, -0.15) is 0 Å². The van der Waals surface area contributed by atoms with E-state index in [2.05, 4.69) is 36.5 Å². The largest absolute Gasteiger partial charge is 0.355 e. The second kappa shape index (κ2) is 3.48. The molecule has 0 aromatic heterocycles. The maximum Gasteiger partial charge on any atom is 0.145 e. The monoisotopic (exact) mass is 177 g/mol. The normalized spacial score (nSPS) is 27.8. The molecule has 1 aliphatic rings. The third-order valence-corrected chi connectivity index (χ3v) is 2.60. The highest BCUT2D eigenvalue weighted by atomic mass is 16.5. The van der Waals surface area contributed by atoms with Crippen LogP contribution in [0.5, 0.6) is 0 Å². The van der Waals surface area contributed by atoms with Crippen molar-refractivity contribution in [3.05, 3.63) is 35.9 Å². The van der Waals surface area contributed by atoms with Crippen LogP contribution in [0.4, 0.5) is 0 Å². The lowest BCUT2D eigenvalue weighted by Gasteiger charge is -2.27. The Balaban J connectivity index is 2.31. The molecule has 1 N–H and O–H groups in total. The zero-order valence-electron chi connectivity index (χ0n) is 7.92. The number of rotatable bonds is 2. The number of hydrogen-bond acceptors (Lipinski definition) is 2. The van der Waals surface area contributed by atoms with Gasteiger partial charge in [-0.25, -0.2) is 0 Å². The van der Waals surface area contributed by atoms with Gasteiger partial charge < -0.3 is 4.74 Å². The summed E-state index contributed by atoms with van der Waals surface area (Å²) >= 11 is 0. The summed E-state index contributed by atoms with van der Waals surface area (Å²) in [5.41, 5.74) is 1.01. The molecule has 70 valence electrons. The van der Waals surface area contributed by atoms with Crippen molar-refractivity contribution < 1.29 is 4.74 Å². The molecule has 2 rings (SSSR count). The van der Waals surface area contributed by atoms with Gasteiger partial charge in [-0.3, -0.25) is 5.32 Å². The van der Waals surface area contributed by atoms with E-state index in [-0.39, 0.29) is 5.72 Å². The summed E-state index contributed by atoms with van der Waals surface area (Å²) in [5, 5.41) is 3.41. The standard InChI is InChI=1S/C11H15NO/c1-2-11(12-8-9-13-11)10-6-4-3-5-7-10/h3-7,12H,2,8-9H2,1H3. The fraction of sp³-hybridized carbons (Fsp3) is 0.455. The third-order valence-electron chi connectivity index (χ3n) is 2.60. The quantitative estimate of drug-likeness (QED) is 0.744. The number of hydrogen-bond donors (Lipinski definition) is 1. The number of benzene rings is 1. The summed E-state index contributed by atoms with van der Waals surface area (Å²) in [6.07, 6.45) is 0.969. The second-order valence-corrected chi connectivity index (χ2v) is 3.32. The van der Waals surface area contributed by atoms with Crippen LogP contribution in [-0.2, 0) is 10.5 Å². The zero-order chi connectivity index (χ0) is 9.15. The first-order valence-electron chi connectivity index (χ1n) is 4.82. The van der Waals surface area contributed by atoms with Gasteiger partial charge in [0.05, 0.1) is 6.61 Å². The molecule has 1 unspecified atom stereocenters. The zero-order valence-corrected chi connectivity index (χ0v) is 7.92. The highest BCUT2D eigenvalue weighted by Gasteiger charge is 2.34. The van der Waals surface area contributed by atoms with Crippen molar-refractivity contribution in [2.75, 3.05) is 13.2 Å². The Hall–Kier alpha value is -0.860. The summed E-state index contributed by atoms with van der Waals surface area (Å²) in [6, 6.07) is 10.4. The fourth-order valence-electron chi connectivity index (χ4n) is 1.85. The van der Waals surface area contributed by atoms with E-state index in [0.29, 0.717) is 0 Å². The molecule has 2 nitrogen and oxygen atoms in total. The molecule has 0 radical (unpaired) electrons. The first-order valence-corrected chi connectivity index (χ1v) is 4.82. The molecule has 1 fully saturated rings. The average Bonchev–Trinajstić information content (AvgIpc) is 2.69. The predicted molar refractivity (Wildman–Crippen MR) is 52.4 cm³/mol. The molecular weight excluding hydrogens is 162 g/mol. The van der Waals surface area contributed by atoms with Crippen LogP contribution in [0.1, 0.15) is 18.9 Å². The molecule has 1 aliphatic heterocycles. The minimum Gasteiger partial charge on any atom is -0.355 e. The van der Waals surface area contributed by atoms with Crippen LogP contribution in [0.15, 0.2) is 30.3 Å². The Morgan fingerprint density at radius 2 is 2.15 bits per heavy atom. The Kier molecular flexibility index (Phi) is 2.34. The first-order chi connectivity index (χ1) is 6.37. The Morgan fingerprint density at radius 3 is 2.69 bits per heavy atom. The lowest BCUT2D eigenvalue weighted by molar-refractivity contribution is -0.0179. The molecule has 1 saturated heterocycles. The van der Waals surface area contributed by atoms with Gasteiger partial charge in [0, 0.05) is 6.54 Å². The van der Waals surface area contributed by atoms with Gasteiger partial charge in [-0.05, 0) is 12.0 Å². The van der Waals surface area contributed by atoms with Crippen molar-refractivity contribution in [1.29, 1.82) is 0 Å². The summed E-state index contributed by atoms with van der Waals surface area (Å²) in [6.45, 7) is 3.90. The van der Waals surface area contributed by atoms with Gasteiger partial charge >= 0.3 is 0 Å². The topological polar surface area (TPSA) is 21.3 Å². The van der Waals surface area contributed by atoms with Crippen molar-refractivity contribution in [3.63, 3.8) is 0 Å². The van der Waals surface area contributed by atoms with Gasteiger partial charge in [0.15, 0.2) is 0 Å². The Morgan fingerprint density at radius 1 is 1.38 bits per heavy atom. The van der Waals surface area contributed by atoms with Gasteiger partial charge in [0.2, 0.25) is 0 Å². The molecule has 0 amide bonds. The van der Waals surface area contributed by atoms with E-state index in [9.17, 15) is 0 Å². The Bertz CT molecular complexity index is 265. The average molecular weight is 177 g/mol. The number of nitrogens with one attached hydrogen (secondary N) is 1. The maximum atomic E-state index is 5.76. The highest BCUT2D eigenvalue weighted by Crippen LogP contribution is 2.28. The lowest BCUT2D eigenvalue weighted by Crippen LogP contribution is -2.37. The van der Waals surface area contributed by atoms with E-state index in [1.165, 1.54) is 5.56 Å². The van der Waals surface area contributed by atoms with E-state index < -0.39 is 0 Å². The van der Waals surface area contributed by atoms with E-state index in [0.717, 1.165) is 19.6 Å². The fourth-order valence-corrected chi connectivity index (χ4v) is 1.85. The minimum absolute atomic E-state index is 0.221. The summed E-state index contributed by atoms with van der Waals surface area (Å²) < 4.78 is 5.76. The Labute approximate surface area is 78.9 Å². The summed E-state index contributed by atoms with van der Waals surface area (Å²) in [5.74, 6) is 0. The minimum atomic E-state index is -0.221. The number of ether oxygens (including phenoxy) is 1. The predicted octanol–water partition coefficient (Wildman–Crippen LogP) is 1.87. The molecule has 0 aliphatic carbocycles. The molecule has 1 aromatic rings. The van der Waals surface area contributed by atoms with E-state index in [1.807, 2.05) is 6.07 Å². The first kappa shape index (κ1) is 8.73. The van der Waals surface area contributed by atoms with E-state index in [1.54, 1.807) is 0 Å². The third kappa shape index (κ3) is 1.47. The second-order valence-electron chi connectivity index (χ2n) is 3.32. The van der Waals surface area contributed by atoms with Crippen LogP contribution >= 0.6 is 0 Å². The molecule has 0 spiro atoms. The molecule has 0 saturated carbocycles. The van der Waals surface area contributed by atoms with E-state index in [4.69, 9.17) is 4.74 Å². The molecule has 1 aromatic carbocycles. The van der Waals surface area contributed by atoms with Gasteiger partial charge in [0.1, 0.15) is 5.72 Å². The van der Waals surface area contributed by atoms with Crippen molar-refractivity contribution in [1.82, 2.24) is 5.32 Å². The molecular formula is C11H15NO. The van der Waals surface area contributed by atoms with Crippen LogP contribution in [0.25, 0.3) is 0 Å². The van der Waals surface area contributed by atoms with Crippen molar-refractivity contribution >= 4 is 0 Å². The molecule has 1 heterocycles. The van der Waals surface area contributed by atoms with Crippen LogP contribution in [0.2, 0.25) is 0 Å². The van der Waals surface area contributed by atoms with Crippen molar-refractivity contribution in [3.8, 4) is 0 Å². The van der Waals surface area contributed by atoms with Crippen LogP contribution in [-0.4, -0.2) is 13.2 Å². The summed E-state index contributed by atoms with van der Waals surface area (Å²) in [4.78, 5) is 0. The smallest absolute Gasteiger partial charge is 0.145 e. The highest BCUT2D eigenvalue weighted by molar-refractivity contribution is 5.22. The van der Waals surface area contributed by atoms with Crippen molar-refractivity contribution in [2.24, 2.45) is 0 Å². The molecule has 0 bridgehead atoms. The molecule has 1 atom stereocenters. The van der Waals surface area contributed by atoms with Gasteiger partial charge in [0.25, 0.3) is 0 Å². The van der Waals surface area contributed by atoms with Gasteiger partial charge in [-0.1, -0.05) is 37.3 Å². The van der Waals surface area contributed by atoms with Gasteiger partial charge in [-0.15, -0.1) is 0 Å². The van der Waals surface area contributed by atoms with Crippen LogP contribution < -0.4 is 5.32 Å². The van der Waals surface area contributed by atoms with E-state index >= 15 is 0 Å². The van der Waals surface area contributed by atoms with Crippen LogP contribution in [0, 0.1) is 0 Å². The van der Waals surface area contributed by atoms with Crippen molar-refractivity contribution in [2.45, 2.75) is 19.1 Å². The summed E-state index contributed by atoms with van der Waals surface area (Å²) in [7, 11) is 0. The SMILES string of the molecule is CCC1(c2ccccc2)NCCO1.